The van der Waals surface area contributed by atoms with Gasteiger partial charge in [0.15, 0.2) is 11.4 Å². The molecule has 0 heterocycles. The molecule has 0 saturated heterocycles. The van der Waals surface area contributed by atoms with Gasteiger partial charge in [-0.1, -0.05) is 25.3 Å². The molecule has 0 N–H and O–H groups in total. The van der Waals surface area contributed by atoms with Gasteiger partial charge in [-0.3, -0.25) is 9.59 Å². The van der Waals surface area contributed by atoms with E-state index in [9.17, 15) is 9.59 Å². The molecule has 26 heavy (non-hydrogen) atoms. The summed E-state index contributed by atoms with van der Waals surface area (Å²) in [6, 6.07) is 0. The molecular weight excluding hydrogens is 324 g/mol. The van der Waals surface area contributed by atoms with E-state index >= 15 is 0 Å². The lowest BCUT2D eigenvalue weighted by Gasteiger charge is -2.58. The number of terminal acetylenes is 1. The third-order valence-corrected chi connectivity index (χ3v) is 8.63. The Balaban J connectivity index is 1.69. The van der Waals surface area contributed by atoms with Crippen molar-refractivity contribution in [1.82, 2.24) is 0 Å². The van der Waals surface area contributed by atoms with Gasteiger partial charge in [-0.2, -0.15) is 0 Å². The van der Waals surface area contributed by atoms with E-state index in [1.807, 2.05) is 6.08 Å². The van der Waals surface area contributed by atoms with Crippen LogP contribution in [0.25, 0.3) is 0 Å². The van der Waals surface area contributed by atoms with Gasteiger partial charge in [0.2, 0.25) is 0 Å². The highest BCUT2D eigenvalue weighted by molar-refractivity contribution is 5.91. The quantitative estimate of drug-likeness (QED) is 0.516. The molecule has 0 unspecified atom stereocenters. The minimum atomic E-state index is -0.742. The molecular formula is C23H30O3. The fraction of sp³-hybridized carbons (Fsp3) is 0.739. The van der Waals surface area contributed by atoms with Crippen LogP contribution in [-0.4, -0.2) is 17.4 Å². The number of carbonyl (C=O) groups excluding carboxylic acids is 2. The molecule has 3 nitrogen and oxygen atoms in total. The molecule has 4 aliphatic carbocycles. The first-order chi connectivity index (χ1) is 12.3. The predicted octanol–water partition coefficient (Wildman–Crippen LogP) is 4.45. The number of ketones is 1. The number of allylic oxidation sites excluding steroid dienone is 1. The fourth-order valence-corrected chi connectivity index (χ4v) is 7.24. The lowest BCUT2D eigenvalue weighted by molar-refractivity contribution is -0.169. The summed E-state index contributed by atoms with van der Waals surface area (Å²) in [4.78, 5) is 23.7. The van der Waals surface area contributed by atoms with E-state index in [0.29, 0.717) is 30.0 Å². The van der Waals surface area contributed by atoms with Gasteiger partial charge in [-0.05, 0) is 74.2 Å². The van der Waals surface area contributed by atoms with Crippen LogP contribution in [0.5, 0.6) is 0 Å². The van der Waals surface area contributed by atoms with Gasteiger partial charge in [0.25, 0.3) is 0 Å². The largest absolute Gasteiger partial charge is 0.445 e. The minimum Gasteiger partial charge on any atom is -0.445 e. The normalized spacial score (nSPS) is 47.1. The summed E-state index contributed by atoms with van der Waals surface area (Å²) in [7, 11) is 0. The van der Waals surface area contributed by atoms with Crippen LogP contribution >= 0.6 is 0 Å². The van der Waals surface area contributed by atoms with E-state index in [1.165, 1.54) is 12.5 Å². The van der Waals surface area contributed by atoms with Crippen molar-refractivity contribution in [3.8, 4) is 12.3 Å². The number of hydrogen-bond donors (Lipinski definition) is 0. The molecule has 0 amide bonds. The standard InChI is InChI=1S/C23H30O3/c1-5-23(26-15(2)24)13-10-20-18-7-6-16-14-17(25)8-11-21(16,3)19(18)9-12-22(20,23)4/h1,14,18-20H,6-13H2,2-4H3/t18-,19+,20-,21+,22-,23+/m1/s1. The van der Waals surface area contributed by atoms with Gasteiger partial charge in [-0.25, -0.2) is 0 Å². The molecule has 4 aliphatic rings. The first-order valence-corrected chi connectivity index (χ1v) is 10.2. The van der Waals surface area contributed by atoms with Gasteiger partial charge in [-0.15, -0.1) is 6.42 Å². The Labute approximate surface area is 156 Å². The molecule has 6 atom stereocenters. The average Bonchev–Trinajstić information content (AvgIpc) is 2.88. The summed E-state index contributed by atoms with van der Waals surface area (Å²) in [5, 5.41) is 0. The molecule has 4 rings (SSSR count). The first kappa shape index (κ1) is 17.8. The Morgan fingerprint density at radius 2 is 1.88 bits per heavy atom. The lowest BCUT2D eigenvalue weighted by Crippen LogP contribution is -2.55. The van der Waals surface area contributed by atoms with Crippen LogP contribution in [0.4, 0.5) is 0 Å². The Hall–Kier alpha value is -1.56. The monoisotopic (exact) mass is 354 g/mol. The molecule has 0 spiro atoms. The van der Waals surface area contributed by atoms with Crippen molar-refractivity contribution >= 4 is 11.8 Å². The van der Waals surface area contributed by atoms with Crippen molar-refractivity contribution in [3.05, 3.63) is 11.6 Å². The van der Waals surface area contributed by atoms with Gasteiger partial charge in [0, 0.05) is 18.8 Å². The van der Waals surface area contributed by atoms with E-state index < -0.39 is 5.60 Å². The smallest absolute Gasteiger partial charge is 0.304 e. The molecule has 0 aromatic carbocycles. The van der Waals surface area contributed by atoms with E-state index in [4.69, 9.17) is 11.2 Å². The molecule has 3 fully saturated rings. The van der Waals surface area contributed by atoms with Gasteiger partial charge >= 0.3 is 5.97 Å². The van der Waals surface area contributed by atoms with Gasteiger partial charge in [0.1, 0.15) is 0 Å². The Bertz CT molecular complexity index is 728. The zero-order valence-corrected chi connectivity index (χ0v) is 16.3. The second-order valence-electron chi connectivity index (χ2n) is 9.53. The zero-order valence-electron chi connectivity index (χ0n) is 16.3. The molecule has 140 valence electrons. The minimum absolute atomic E-state index is 0.128. The maximum absolute atomic E-state index is 11.9. The second-order valence-corrected chi connectivity index (χ2v) is 9.53. The van der Waals surface area contributed by atoms with Crippen LogP contribution in [0.3, 0.4) is 0 Å². The molecule has 3 saturated carbocycles. The Kier molecular flexibility index (Phi) is 3.92. The van der Waals surface area contributed by atoms with Crippen molar-refractivity contribution in [2.24, 2.45) is 28.6 Å². The Morgan fingerprint density at radius 1 is 1.15 bits per heavy atom. The van der Waals surface area contributed by atoms with Crippen LogP contribution in [-0.2, 0) is 14.3 Å². The Morgan fingerprint density at radius 3 is 2.58 bits per heavy atom. The molecule has 0 aliphatic heterocycles. The summed E-state index contributed by atoms with van der Waals surface area (Å²) >= 11 is 0. The molecule has 3 heteroatoms. The zero-order chi connectivity index (χ0) is 18.7. The highest BCUT2D eigenvalue weighted by Gasteiger charge is 2.65. The topological polar surface area (TPSA) is 43.4 Å². The van der Waals surface area contributed by atoms with E-state index in [-0.39, 0.29) is 16.8 Å². The summed E-state index contributed by atoms with van der Waals surface area (Å²) in [5.41, 5.74) is 0.686. The number of fused-ring (bicyclic) bond motifs is 5. The third kappa shape index (κ3) is 2.20. The van der Waals surface area contributed by atoms with E-state index in [1.54, 1.807) is 0 Å². The molecule has 0 bridgehead atoms. The summed E-state index contributed by atoms with van der Waals surface area (Å²) < 4.78 is 5.81. The highest BCUT2D eigenvalue weighted by atomic mass is 16.6. The van der Waals surface area contributed by atoms with Crippen LogP contribution in [0.15, 0.2) is 11.6 Å². The maximum atomic E-state index is 11.9. The average molecular weight is 354 g/mol. The van der Waals surface area contributed by atoms with Crippen LogP contribution in [0.2, 0.25) is 0 Å². The number of rotatable bonds is 1. The molecule has 0 aromatic rings. The maximum Gasteiger partial charge on any atom is 0.304 e. The summed E-state index contributed by atoms with van der Waals surface area (Å²) in [6.45, 7) is 6.13. The molecule has 0 aromatic heterocycles. The molecule has 0 radical (unpaired) electrons. The van der Waals surface area contributed by atoms with Crippen LogP contribution < -0.4 is 0 Å². The number of carbonyl (C=O) groups is 2. The van der Waals surface area contributed by atoms with E-state index in [0.717, 1.165) is 44.9 Å². The fourth-order valence-electron chi connectivity index (χ4n) is 7.24. The van der Waals surface area contributed by atoms with E-state index in [2.05, 4.69) is 19.8 Å². The van der Waals surface area contributed by atoms with Crippen molar-refractivity contribution < 1.29 is 14.3 Å². The van der Waals surface area contributed by atoms with Crippen molar-refractivity contribution in [2.75, 3.05) is 0 Å². The summed E-state index contributed by atoms with van der Waals surface area (Å²) in [6.07, 6.45) is 15.7. The number of ether oxygens (including phenoxy) is 1. The van der Waals surface area contributed by atoms with Crippen molar-refractivity contribution in [2.45, 2.75) is 77.7 Å². The van der Waals surface area contributed by atoms with Crippen LogP contribution in [0.1, 0.15) is 72.1 Å². The third-order valence-electron chi connectivity index (χ3n) is 8.63. The highest BCUT2D eigenvalue weighted by Crippen LogP contribution is 2.68. The van der Waals surface area contributed by atoms with Crippen molar-refractivity contribution in [1.29, 1.82) is 0 Å². The summed E-state index contributed by atoms with van der Waals surface area (Å²) in [5.74, 6) is 4.71. The number of esters is 1. The number of hydrogen-bond acceptors (Lipinski definition) is 3. The first-order valence-electron chi connectivity index (χ1n) is 10.2. The lowest BCUT2D eigenvalue weighted by atomic mass is 9.46. The predicted molar refractivity (Wildman–Crippen MR) is 100 cm³/mol. The van der Waals surface area contributed by atoms with Crippen LogP contribution in [0, 0.1) is 40.9 Å². The van der Waals surface area contributed by atoms with Gasteiger partial charge in [0.05, 0.1) is 0 Å². The second kappa shape index (κ2) is 5.72. The SMILES string of the molecule is C#C[C@]1(OC(C)=O)CC[C@@H]2[C@@H]3CCC4=CC(=O)CC[C@]4(C)[C@H]3CC[C@]21C. The van der Waals surface area contributed by atoms with Crippen molar-refractivity contribution in [3.63, 3.8) is 0 Å². The van der Waals surface area contributed by atoms with Gasteiger partial charge < -0.3 is 4.74 Å².